The number of fused-ring (bicyclic) bond motifs is 1. The zero-order valence-electron chi connectivity index (χ0n) is 16.5. The Hall–Kier alpha value is -3.06. The van der Waals surface area contributed by atoms with Gasteiger partial charge in [0.15, 0.2) is 0 Å². The van der Waals surface area contributed by atoms with Crippen molar-refractivity contribution in [3.05, 3.63) is 58.5 Å². The maximum Gasteiger partial charge on any atom is 0.328 e. The van der Waals surface area contributed by atoms with Crippen molar-refractivity contribution in [1.82, 2.24) is 14.0 Å². The molecule has 1 N–H and O–H groups in total. The molecule has 2 heterocycles. The summed E-state index contributed by atoms with van der Waals surface area (Å²) in [6, 6.07) is 13.1. The third kappa shape index (κ3) is 3.18. The highest BCUT2D eigenvalue weighted by Crippen LogP contribution is 2.32. The predicted molar refractivity (Wildman–Crippen MR) is 112 cm³/mol. The van der Waals surface area contributed by atoms with Crippen LogP contribution >= 0.6 is 0 Å². The number of imidazole rings is 1. The zero-order chi connectivity index (χ0) is 19.8. The molecule has 1 aliphatic rings. The molecule has 146 valence electrons. The number of piperazine rings is 1. The van der Waals surface area contributed by atoms with Crippen LogP contribution < -0.4 is 15.9 Å². The van der Waals surface area contributed by atoms with Crippen LogP contribution in [0.1, 0.15) is 10.4 Å². The molecule has 0 saturated carbocycles. The van der Waals surface area contributed by atoms with E-state index in [4.69, 9.17) is 0 Å². The maximum atomic E-state index is 12.8. The number of rotatable bonds is 3. The molecule has 2 aromatic carbocycles. The van der Waals surface area contributed by atoms with E-state index in [-0.39, 0.29) is 11.6 Å². The van der Waals surface area contributed by atoms with Crippen LogP contribution in [0.3, 0.4) is 0 Å². The second-order valence-corrected chi connectivity index (χ2v) is 7.37. The van der Waals surface area contributed by atoms with Gasteiger partial charge in [0.25, 0.3) is 5.91 Å². The topological polar surface area (TPSA) is 62.5 Å². The minimum Gasteiger partial charge on any atom is -0.367 e. The predicted octanol–water partition coefficient (Wildman–Crippen LogP) is 1.88. The minimum absolute atomic E-state index is 0.0779. The number of aryl methyl sites for hydroxylation is 2. The molecule has 0 bridgehead atoms. The summed E-state index contributed by atoms with van der Waals surface area (Å²) in [5.74, 6) is -0.156. The van der Waals surface area contributed by atoms with Crippen molar-refractivity contribution in [2.24, 2.45) is 14.1 Å². The summed E-state index contributed by atoms with van der Waals surface area (Å²) in [6.45, 7) is 3.66. The molecule has 0 aliphatic carbocycles. The molecule has 7 heteroatoms. The van der Waals surface area contributed by atoms with Crippen molar-refractivity contribution in [1.29, 1.82) is 0 Å². The van der Waals surface area contributed by atoms with Gasteiger partial charge in [-0.05, 0) is 31.3 Å². The lowest BCUT2D eigenvalue weighted by atomic mass is 10.1. The molecule has 0 atom stereocenters. The Morgan fingerprint density at radius 3 is 2.14 bits per heavy atom. The molecule has 1 aromatic heterocycles. The second-order valence-electron chi connectivity index (χ2n) is 7.37. The Balaban J connectivity index is 1.80. The van der Waals surface area contributed by atoms with Crippen LogP contribution in [0.2, 0.25) is 0 Å². The molecule has 0 spiro atoms. The molecular formula is C21H25N5O2. The van der Waals surface area contributed by atoms with E-state index >= 15 is 0 Å². The number of amides is 1. The van der Waals surface area contributed by atoms with Crippen LogP contribution in [0.25, 0.3) is 11.0 Å². The average Bonchev–Trinajstić information content (AvgIpc) is 2.92. The lowest BCUT2D eigenvalue weighted by Crippen LogP contribution is -2.44. The van der Waals surface area contributed by atoms with Gasteiger partial charge < -0.3 is 15.1 Å². The molecule has 4 rings (SSSR count). The van der Waals surface area contributed by atoms with Gasteiger partial charge in [0.05, 0.1) is 22.4 Å². The summed E-state index contributed by atoms with van der Waals surface area (Å²) < 4.78 is 3.26. The van der Waals surface area contributed by atoms with Gasteiger partial charge in [0, 0.05) is 45.8 Å². The fourth-order valence-corrected chi connectivity index (χ4v) is 3.73. The summed E-state index contributed by atoms with van der Waals surface area (Å²) in [5.41, 5.74) is 3.87. The number of hydrogen-bond donors (Lipinski definition) is 1. The number of anilines is 2. The number of nitrogens with one attached hydrogen (secondary N) is 1. The third-order valence-electron chi connectivity index (χ3n) is 5.52. The molecule has 7 nitrogen and oxygen atoms in total. The lowest BCUT2D eigenvalue weighted by Gasteiger charge is -2.35. The van der Waals surface area contributed by atoms with Gasteiger partial charge in [-0.3, -0.25) is 13.9 Å². The number of benzene rings is 2. The number of carbonyl (C=O) groups is 1. The van der Waals surface area contributed by atoms with Crippen LogP contribution in [0.15, 0.2) is 47.3 Å². The first-order chi connectivity index (χ1) is 13.5. The van der Waals surface area contributed by atoms with Gasteiger partial charge in [-0.25, -0.2) is 4.79 Å². The Morgan fingerprint density at radius 1 is 0.893 bits per heavy atom. The standard InChI is InChI=1S/C21H25N5O2/c1-23-9-11-26(12-10-23)17-14-19-18(24(2)21(28)25(19)3)13-16(17)22-20(27)15-7-5-4-6-8-15/h4-8,13-14H,9-12H2,1-3H3,(H,22,27). The van der Waals surface area contributed by atoms with Crippen LogP contribution in [0, 0.1) is 0 Å². The normalized spacial score (nSPS) is 15.2. The van der Waals surface area contributed by atoms with Crippen LogP contribution in [-0.2, 0) is 14.1 Å². The van der Waals surface area contributed by atoms with Crippen molar-refractivity contribution < 1.29 is 4.79 Å². The van der Waals surface area contributed by atoms with Crippen molar-refractivity contribution in [2.75, 3.05) is 43.4 Å². The van der Waals surface area contributed by atoms with E-state index in [9.17, 15) is 9.59 Å². The van der Waals surface area contributed by atoms with Crippen LogP contribution in [0.4, 0.5) is 11.4 Å². The Labute approximate surface area is 163 Å². The fourth-order valence-electron chi connectivity index (χ4n) is 3.73. The smallest absolute Gasteiger partial charge is 0.328 e. The monoisotopic (exact) mass is 379 g/mol. The summed E-state index contributed by atoms with van der Waals surface area (Å²) in [7, 11) is 5.64. The Morgan fingerprint density at radius 2 is 1.50 bits per heavy atom. The van der Waals surface area contributed by atoms with Gasteiger partial charge in [-0.2, -0.15) is 0 Å². The number of aromatic nitrogens is 2. The summed E-state index contributed by atoms with van der Waals surface area (Å²) in [6.07, 6.45) is 0. The van der Waals surface area contributed by atoms with E-state index in [1.165, 1.54) is 0 Å². The maximum absolute atomic E-state index is 12.8. The second kappa shape index (κ2) is 7.16. The van der Waals surface area contributed by atoms with E-state index in [1.54, 1.807) is 35.4 Å². The van der Waals surface area contributed by atoms with E-state index in [1.807, 2.05) is 30.3 Å². The number of carbonyl (C=O) groups excluding carboxylic acids is 1. The van der Waals surface area contributed by atoms with Gasteiger partial charge in [-0.1, -0.05) is 18.2 Å². The van der Waals surface area contributed by atoms with Crippen molar-refractivity contribution in [2.45, 2.75) is 0 Å². The number of likely N-dealkylation sites (N-methyl/N-ethyl adjacent to an activating group) is 1. The third-order valence-corrected chi connectivity index (χ3v) is 5.52. The largest absolute Gasteiger partial charge is 0.367 e. The molecule has 0 unspecified atom stereocenters. The SMILES string of the molecule is CN1CCN(c2cc3c(cc2NC(=O)c2ccccc2)n(C)c(=O)n3C)CC1. The summed E-state index contributed by atoms with van der Waals surface area (Å²) in [5, 5.41) is 3.06. The van der Waals surface area contributed by atoms with Gasteiger partial charge in [-0.15, -0.1) is 0 Å². The first-order valence-electron chi connectivity index (χ1n) is 9.45. The Bertz CT molecular complexity index is 1080. The lowest BCUT2D eigenvalue weighted by molar-refractivity contribution is 0.102. The first-order valence-corrected chi connectivity index (χ1v) is 9.45. The molecule has 1 amide bonds. The van der Waals surface area contributed by atoms with E-state index in [2.05, 4.69) is 22.2 Å². The summed E-state index contributed by atoms with van der Waals surface area (Å²) >= 11 is 0. The highest BCUT2D eigenvalue weighted by Gasteiger charge is 2.21. The number of hydrogen-bond acceptors (Lipinski definition) is 4. The number of nitrogens with zero attached hydrogens (tertiary/aromatic N) is 4. The van der Waals surface area contributed by atoms with Crippen LogP contribution in [0.5, 0.6) is 0 Å². The molecule has 28 heavy (non-hydrogen) atoms. The van der Waals surface area contributed by atoms with Crippen molar-refractivity contribution in [3.63, 3.8) is 0 Å². The first kappa shape index (κ1) is 18.3. The zero-order valence-corrected chi connectivity index (χ0v) is 16.5. The fraction of sp³-hybridized carbons (Fsp3) is 0.333. The van der Waals surface area contributed by atoms with E-state index in [0.29, 0.717) is 5.56 Å². The summed E-state index contributed by atoms with van der Waals surface area (Å²) in [4.78, 5) is 29.7. The molecule has 0 radical (unpaired) electrons. The molecule has 1 saturated heterocycles. The van der Waals surface area contributed by atoms with Gasteiger partial charge in [0.1, 0.15) is 0 Å². The van der Waals surface area contributed by atoms with Crippen molar-refractivity contribution in [3.8, 4) is 0 Å². The minimum atomic E-state index is -0.156. The molecule has 1 fully saturated rings. The highest BCUT2D eigenvalue weighted by atomic mass is 16.2. The quantitative estimate of drug-likeness (QED) is 0.755. The van der Waals surface area contributed by atoms with E-state index in [0.717, 1.165) is 48.6 Å². The average molecular weight is 379 g/mol. The molecule has 3 aromatic rings. The molecule has 1 aliphatic heterocycles. The van der Waals surface area contributed by atoms with Crippen molar-refractivity contribution >= 4 is 28.3 Å². The molecular weight excluding hydrogens is 354 g/mol. The highest BCUT2D eigenvalue weighted by molar-refractivity contribution is 6.07. The van der Waals surface area contributed by atoms with E-state index < -0.39 is 0 Å². The van der Waals surface area contributed by atoms with Gasteiger partial charge >= 0.3 is 5.69 Å². The van der Waals surface area contributed by atoms with Gasteiger partial charge in [0.2, 0.25) is 0 Å². The Kier molecular flexibility index (Phi) is 4.68. The van der Waals surface area contributed by atoms with Crippen LogP contribution in [-0.4, -0.2) is 53.2 Å².